The lowest BCUT2D eigenvalue weighted by molar-refractivity contribution is 0.318. The molecule has 4 N–H and O–H groups in total. The Bertz CT molecular complexity index is 492. The first-order valence-corrected chi connectivity index (χ1v) is 7.96. The molecule has 6 nitrogen and oxygen atoms in total. The molecule has 1 unspecified atom stereocenters. The Morgan fingerprint density at radius 3 is 2.90 bits per heavy atom. The third kappa shape index (κ3) is 5.18. The average molecular weight is 299 g/mol. The van der Waals surface area contributed by atoms with Crippen LogP contribution in [0.4, 0.5) is 0 Å². The van der Waals surface area contributed by atoms with E-state index in [1.807, 2.05) is 12.1 Å². The Hall–Kier alpha value is -1.60. The Kier molecular flexibility index (Phi) is 7.03. The zero-order valence-corrected chi connectivity index (χ0v) is 12.6. The van der Waals surface area contributed by atoms with Crippen LogP contribution in [0.1, 0.15) is 17.5 Å². The fourth-order valence-corrected chi connectivity index (χ4v) is 2.30. The van der Waals surface area contributed by atoms with Gasteiger partial charge in [-0.3, -0.25) is 4.21 Å². The summed E-state index contributed by atoms with van der Waals surface area (Å²) in [4.78, 5) is 0. The van der Waals surface area contributed by atoms with Gasteiger partial charge in [0, 0.05) is 29.4 Å². The minimum Gasteiger partial charge on any atom is -0.496 e. The van der Waals surface area contributed by atoms with Crippen LogP contribution in [-0.2, 0) is 17.3 Å². The normalized spacial score (nSPS) is 13.2. The highest BCUT2D eigenvalue weighted by Gasteiger charge is 2.08. The summed E-state index contributed by atoms with van der Waals surface area (Å²) in [6.45, 7) is 1.45. The molecule has 0 saturated carbocycles. The third-order valence-corrected chi connectivity index (χ3v) is 3.63. The van der Waals surface area contributed by atoms with Gasteiger partial charge in [-0.1, -0.05) is 11.2 Å². The van der Waals surface area contributed by atoms with E-state index < -0.39 is 10.8 Å². The summed E-state index contributed by atoms with van der Waals surface area (Å²) in [6, 6.07) is 5.52. The predicted molar refractivity (Wildman–Crippen MR) is 80.8 cm³/mol. The molecule has 0 aromatic heterocycles. The van der Waals surface area contributed by atoms with Crippen molar-refractivity contribution in [3.8, 4) is 5.75 Å². The fourth-order valence-electron chi connectivity index (χ4n) is 1.75. The van der Waals surface area contributed by atoms with Crippen LogP contribution in [0.3, 0.4) is 0 Å². The van der Waals surface area contributed by atoms with E-state index in [-0.39, 0.29) is 5.84 Å². The van der Waals surface area contributed by atoms with Crippen molar-refractivity contribution in [3.63, 3.8) is 0 Å². The zero-order chi connectivity index (χ0) is 15.0. The highest BCUT2D eigenvalue weighted by atomic mass is 32.2. The number of ether oxygens (including phenoxy) is 1. The maximum atomic E-state index is 10.9. The summed E-state index contributed by atoms with van der Waals surface area (Å²) in [5, 5.41) is 15.0. The van der Waals surface area contributed by atoms with E-state index in [0.717, 1.165) is 18.5 Å². The van der Waals surface area contributed by atoms with Crippen LogP contribution in [-0.4, -0.2) is 40.9 Å². The number of methoxy groups -OCH3 is 1. The first-order chi connectivity index (χ1) is 9.58. The van der Waals surface area contributed by atoms with E-state index >= 15 is 0 Å². The van der Waals surface area contributed by atoms with Gasteiger partial charge in [0.05, 0.1) is 12.7 Å². The van der Waals surface area contributed by atoms with Crippen LogP contribution in [0.25, 0.3) is 0 Å². The van der Waals surface area contributed by atoms with Gasteiger partial charge in [0.15, 0.2) is 5.84 Å². The molecule has 0 amide bonds. The number of hydrogen-bond acceptors (Lipinski definition) is 5. The number of benzene rings is 1. The van der Waals surface area contributed by atoms with Crippen molar-refractivity contribution in [1.29, 1.82) is 0 Å². The Morgan fingerprint density at radius 1 is 1.55 bits per heavy atom. The molecule has 0 radical (unpaired) electrons. The highest BCUT2D eigenvalue weighted by molar-refractivity contribution is 7.84. The standard InChI is InChI=1S/C13H21N3O3S/c1-19-12-5-4-10(8-11(12)13(14)16-17)9-15-6-3-7-20(2)18/h4-5,8,15,17H,3,6-7,9H2,1-2H3,(H2,14,16). The maximum absolute atomic E-state index is 10.9. The van der Waals surface area contributed by atoms with Crippen molar-refractivity contribution in [2.24, 2.45) is 10.9 Å². The Morgan fingerprint density at radius 2 is 2.30 bits per heavy atom. The summed E-state index contributed by atoms with van der Waals surface area (Å²) in [6.07, 6.45) is 2.57. The van der Waals surface area contributed by atoms with Gasteiger partial charge in [-0.05, 0) is 30.7 Å². The monoisotopic (exact) mass is 299 g/mol. The molecular formula is C13H21N3O3S. The van der Waals surface area contributed by atoms with Gasteiger partial charge in [0.25, 0.3) is 0 Å². The van der Waals surface area contributed by atoms with Crippen LogP contribution in [0.15, 0.2) is 23.4 Å². The van der Waals surface area contributed by atoms with E-state index in [4.69, 9.17) is 15.7 Å². The van der Waals surface area contributed by atoms with Crippen LogP contribution in [0, 0.1) is 0 Å². The molecule has 0 aliphatic rings. The quantitative estimate of drug-likeness (QED) is 0.215. The number of nitrogens with two attached hydrogens (primary N) is 1. The number of amidine groups is 1. The van der Waals surface area contributed by atoms with Crippen molar-refractivity contribution in [3.05, 3.63) is 29.3 Å². The second kappa shape index (κ2) is 8.55. The summed E-state index contributed by atoms with van der Waals surface area (Å²) in [7, 11) is 0.788. The van der Waals surface area contributed by atoms with Gasteiger partial charge in [0.1, 0.15) is 5.75 Å². The second-order valence-corrected chi connectivity index (χ2v) is 5.88. The molecule has 112 valence electrons. The molecule has 0 heterocycles. The molecule has 1 aromatic rings. The summed E-state index contributed by atoms with van der Waals surface area (Å²) < 4.78 is 16.1. The van der Waals surface area contributed by atoms with Crippen molar-refractivity contribution in [2.45, 2.75) is 13.0 Å². The van der Waals surface area contributed by atoms with Gasteiger partial charge in [0.2, 0.25) is 0 Å². The van der Waals surface area contributed by atoms with Crippen LogP contribution in [0.5, 0.6) is 5.75 Å². The Balaban J connectivity index is 2.61. The fraction of sp³-hybridized carbons (Fsp3) is 0.462. The summed E-state index contributed by atoms with van der Waals surface area (Å²) in [5.41, 5.74) is 7.18. The van der Waals surface area contributed by atoms with Crippen LogP contribution >= 0.6 is 0 Å². The second-order valence-electron chi connectivity index (χ2n) is 4.33. The van der Waals surface area contributed by atoms with Crippen LogP contribution in [0.2, 0.25) is 0 Å². The van der Waals surface area contributed by atoms with Crippen molar-refractivity contribution >= 4 is 16.6 Å². The summed E-state index contributed by atoms with van der Waals surface area (Å²) in [5.74, 6) is 1.28. The average Bonchev–Trinajstić information content (AvgIpc) is 2.45. The number of nitrogens with zero attached hydrogens (tertiary/aromatic N) is 1. The van der Waals surface area contributed by atoms with E-state index in [9.17, 15) is 4.21 Å². The number of hydrogen-bond donors (Lipinski definition) is 3. The first-order valence-electron chi connectivity index (χ1n) is 6.24. The molecule has 0 aliphatic carbocycles. The topological polar surface area (TPSA) is 96.9 Å². The lowest BCUT2D eigenvalue weighted by Gasteiger charge is -2.10. The summed E-state index contributed by atoms with van der Waals surface area (Å²) >= 11 is 0. The molecular weight excluding hydrogens is 278 g/mol. The third-order valence-electron chi connectivity index (χ3n) is 2.76. The lowest BCUT2D eigenvalue weighted by Crippen LogP contribution is -2.18. The zero-order valence-electron chi connectivity index (χ0n) is 11.8. The van der Waals surface area contributed by atoms with Crippen molar-refractivity contribution in [1.82, 2.24) is 5.32 Å². The number of oxime groups is 1. The minimum absolute atomic E-state index is 0.0186. The predicted octanol–water partition coefficient (Wildman–Crippen LogP) is 0.648. The molecule has 1 rings (SSSR count). The molecule has 1 aromatic carbocycles. The maximum Gasteiger partial charge on any atom is 0.173 e. The number of nitrogens with one attached hydrogen (secondary N) is 1. The van der Waals surface area contributed by atoms with Gasteiger partial charge >= 0.3 is 0 Å². The largest absolute Gasteiger partial charge is 0.496 e. The van der Waals surface area contributed by atoms with E-state index in [1.165, 1.54) is 7.11 Å². The van der Waals surface area contributed by atoms with Crippen molar-refractivity contribution in [2.75, 3.05) is 25.7 Å². The molecule has 0 saturated heterocycles. The molecule has 20 heavy (non-hydrogen) atoms. The van der Waals surface area contributed by atoms with E-state index in [0.29, 0.717) is 23.6 Å². The molecule has 1 atom stereocenters. The van der Waals surface area contributed by atoms with E-state index in [2.05, 4.69) is 10.5 Å². The molecule has 0 aliphatic heterocycles. The molecule has 0 fully saturated rings. The van der Waals surface area contributed by atoms with Crippen LogP contribution < -0.4 is 15.8 Å². The lowest BCUT2D eigenvalue weighted by atomic mass is 10.1. The van der Waals surface area contributed by atoms with E-state index in [1.54, 1.807) is 12.3 Å². The van der Waals surface area contributed by atoms with Gasteiger partial charge in [-0.15, -0.1) is 0 Å². The number of rotatable bonds is 8. The van der Waals surface area contributed by atoms with Crippen molar-refractivity contribution < 1.29 is 14.2 Å². The van der Waals surface area contributed by atoms with Gasteiger partial charge in [-0.2, -0.15) is 0 Å². The minimum atomic E-state index is -0.746. The molecule has 7 heteroatoms. The molecule has 0 spiro atoms. The SMILES string of the molecule is COc1ccc(CNCCCS(C)=O)cc1/C(N)=N/O. The van der Waals surface area contributed by atoms with Gasteiger partial charge < -0.3 is 21.0 Å². The van der Waals surface area contributed by atoms with Gasteiger partial charge in [-0.25, -0.2) is 0 Å². The highest BCUT2D eigenvalue weighted by Crippen LogP contribution is 2.19. The first kappa shape index (κ1) is 16.5. The molecule has 0 bridgehead atoms. The smallest absolute Gasteiger partial charge is 0.173 e. The Labute approximate surface area is 121 Å².